The maximum absolute atomic E-state index is 12.8. The zero-order valence-electron chi connectivity index (χ0n) is 17.3. The van der Waals surface area contributed by atoms with Crippen LogP contribution in [0, 0.1) is 0 Å². The molecule has 4 amide bonds. The number of nitrogens with zero attached hydrogens (tertiary/aromatic N) is 5. The van der Waals surface area contributed by atoms with Gasteiger partial charge in [-0.05, 0) is 17.7 Å². The Labute approximate surface area is 190 Å². The highest BCUT2D eigenvalue weighted by atomic mass is 35.5. The average molecular weight is 467 g/mol. The maximum atomic E-state index is 12.8. The van der Waals surface area contributed by atoms with Gasteiger partial charge in [0.05, 0.1) is 10.0 Å². The highest BCUT2D eigenvalue weighted by Crippen LogP contribution is 2.29. The first-order valence-corrected chi connectivity index (χ1v) is 10.9. The zero-order chi connectivity index (χ0) is 22.3. The third-order valence-corrected chi connectivity index (χ3v) is 6.63. The molecule has 1 aromatic rings. The van der Waals surface area contributed by atoms with Crippen LogP contribution in [0.5, 0.6) is 0 Å². The maximum Gasteiger partial charge on any atom is 0.325 e. The van der Waals surface area contributed by atoms with Crippen molar-refractivity contribution in [1.82, 2.24) is 24.9 Å². The lowest BCUT2D eigenvalue weighted by Crippen LogP contribution is -2.64. The van der Waals surface area contributed by atoms with Crippen LogP contribution in [0.2, 0.25) is 10.0 Å². The lowest BCUT2D eigenvalue weighted by Gasteiger charge is -2.40. The van der Waals surface area contributed by atoms with Crippen molar-refractivity contribution in [1.29, 1.82) is 0 Å². The standard InChI is InChI=1S/C20H24Cl2N6O3/c1-3-15(29)26-6-8-27(9-7-26)19-23-17-16(18(30)24-20(31)25(17)2)28(19)11-12-4-5-13(21)14(22)10-12/h4-5,10,16-17H,3,6-9,11H2,1-2H3,(H,24,30,31). The molecule has 3 aliphatic rings. The number of piperazine rings is 1. The number of halogens is 2. The number of carbonyl (C=O) groups excluding carboxylic acids is 3. The molecule has 0 spiro atoms. The summed E-state index contributed by atoms with van der Waals surface area (Å²) >= 11 is 12.2. The predicted molar refractivity (Wildman–Crippen MR) is 117 cm³/mol. The number of fused-ring (bicyclic) bond motifs is 1. The van der Waals surface area contributed by atoms with Gasteiger partial charge in [0.1, 0.15) is 0 Å². The molecular formula is C20H24Cl2N6O3. The van der Waals surface area contributed by atoms with Gasteiger partial charge in [-0.3, -0.25) is 14.9 Å². The number of nitrogens with one attached hydrogen (secondary N) is 1. The van der Waals surface area contributed by atoms with Gasteiger partial charge in [-0.15, -0.1) is 0 Å². The number of rotatable bonds is 3. The monoisotopic (exact) mass is 466 g/mol. The molecular weight excluding hydrogens is 443 g/mol. The summed E-state index contributed by atoms with van der Waals surface area (Å²) in [6.45, 7) is 4.60. The number of likely N-dealkylation sites (N-methyl/N-ethyl adjacent to an activating group) is 1. The van der Waals surface area contributed by atoms with Crippen molar-refractivity contribution >= 4 is 47.0 Å². The average Bonchev–Trinajstić information content (AvgIpc) is 3.14. The van der Waals surface area contributed by atoms with Crippen LogP contribution in [0.3, 0.4) is 0 Å². The molecule has 2 atom stereocenters. The first kappa shape index (κ1) is 21.7. The number of carbonyl (C=O) groups is 3. The van der Waals surface area contributed by atoms with Gasteiger partial charge in [-0.2, -0.15) is 0 Å². The molecule has 1 N–H and O–H groups in total. The van der Waals surface area contributed by atoms with E-state index in [1.807, 2.05) is 22.8 Å². The second kappa shape index (κ2) is 8.55. The molecule has 11 heteroatoms. The van der Waals surface area contributed by atoms with E-state index in [1.165, 1.54) is 4.90 Å². The van der Waals surface area contributed by atoms with Crippen LogP contribution < -0.4 is 5.32 Å². The number of benzene rings is 1. The fraction of sp³-hybridized carbons (Fsp3) is 0.500. The first-order valence-electron chi connectivity index (χ1n) is 10.2. The second-order valence-corrected chi connectivity index (χ2v) is 8.61. The molecule has 0 aliphatic carbocycles. The van der Waals surface area contributed by atoms with Gasteiger partial charge < -0.3 is 19.6 Å². The van der Waals surface area contributed by atoms with Crippen molar-refractivity contribution in [3.63, 3.8) is 0 Å². The Morgan fingerprint density at radius 2 is 1.87 bits per heavy atom. The van der Waals surface area contributed by atoms with E-state index >= 15 is 0 Å². The summed E-state index contributed by atoms with van der Waals surface area (Å²) in [5.74, 6) is 0.382. The van der Waals surface area contributed by atoms with E-state index in [4.69, 9.17) is 28.2 Å². The zero-order valence-corrected chi connectivity index (χ0v) is 18.9. The molecule has 9 nitrogen and oxygen atoms in total. The number of imide groups is 1. The minimum Gasteiger partial charge on any atom is -0.339 e. The molecule has 31 heavy (non-hydrogen) atoms. The van der Waals surface area contributed by atoms with Crippen molar-refractivity contribution in [3.05, 3.63) is 33.8 Å². The largest absolute Gasteiger partial charge is 0.339 e. The normalized spacial score (nSPS) is 23.7. The minimum atomic E-state index is -0.651. The molecule has 1 aromatic carbocycles. The van der Waals surface area contributed by atoms with Crippen molar-refractivity contribution in [3.8, 4) is 0 Å². The number of urea groups is 1. The Balaban J connectivity index is 1.62. The molecule has 166 valence electrons. The van der Waals surface area contributed by atoms with E-state index in [2.05, 4.69) is 10.2 Å². The highest BCUT2D eigenvalue weighted by Gasteiger charge is 2.49. The van der Waals surface area contributed by atoms with E-state index in [-0.39, 0.29) is 11.8 Å². The van der Waals surface area contributed by atoms with Crippen molar-refractivity contribution < 1.29 is 14.4 Å². The predicted octanol–water partition coefficient (Wildman–Crippen LogP) is 1.60. The number of hydrogen-bond acceptors (Lipinski definition) is 6. The van der Waals surface area contributed by atoms with Crippen LogP contribution in [0.4, 0.5) is 4.79 Å². The van der Waals surface area contributed by atoms with E-state index in [9.17, 15) is 14.4 Å². The van der Waals surface area contributed by atoms with Crippen LogP contribution >= 0.6 is 23.2 Å². The fourth-order valence-corrected chi connectivity index (χ4v) is 4.48. The van der Waals surface area contributed by atoms with Crippen molar-refractivity contribution in [2.75, 3.05) is 33.2 Å². The van der Waals surface area contributed by atoms with Gasteiger partial charge in [-0.1, -0.05) is 36.2 Å². The Morgan fingerprint density at radius 1 is 1.16 bits per heavy atom. The fourth-order valence-electron chi connectivity index (χ4n) is 4.16. The Hall–Kier alpha value is -2.52. The summed E-state index contributed by atoms with van der Waals surface area (Å²) in [4.78, 5) is 49.0. The lowest BCUT2D eigenvalue weighted by molar-refractivity contribution is -0.132. The molecule has 0 saturated carbocycles. The quantitative estimate of drug-likeness (QED) is 0.730. The summed E-state index contributed by atoms with van der Waals surface area (Å²) in [7, 11) is 1.63. The summed E-state index contributed by atoms with van der Waals surface area (Å²) in [5, 5.41) is 3.29. The first-order chi connectivity index (χ1) is 14.8. The molecule has 2 saturated heterocycles. The van der Waals surface area contributed by atoms with E-state index in [0.717, 1.165) is 5.56 Å². The lowest BCUT2D eigenvalue weighted by atomic mass is 10.1. The second-order valence-electron chi connectivity index (χ2n) is 7.79. The molecule has 3 aliphatic heterocycles. The summed E-state index contributed by atoms with van der Waals surface area (Å²) in [6, 6.07) is 4.22. The van der Waals surface area contributed by atoms with Crippen LogP contribution in [-0.4, -0.2) is 88.8 Å². The third kappa shape index (κ3) is 4.04. The van der Waals surface area contributed by atoms with E-state index in [0.29, 0.717) is 55.1 Å². The molecule has 4 rings (SSSR count). The number of amides is 4. The minimum absolute atomic E-state index is 0.124. The number of aliphatic imine (C=N–C) groups is 1. The molecule has 0 radical (unpaired) electrons. The van der Waals surface area contributed by atoms with E-state index < -0.39 is 18.2 Å². The third-order valence-electron chi connectivity index (χ3n) is 5.89. The van der Waals surface area contributed by atoms with Crippen LogP contribution in [-0.2, 0) is 16.1 Å². The molecule has 3 heterocycles. The van der Waals surface area contributed by atoms with Gasteiger partial charge in [0.2, 0.25) is 5.91 Å². The van der Waals surface area contributed by atoms with Crippen LogP contribution in [0.25, 0.3) is 0 Å². The topological polar surface area (TPSA) is 88.6 Å². The molecule has 0 aromatic heterocycles. The number of guanidine groups is 1. The Bertz CT molecular complexity index is 947. The van der Waals surface area contributed by atoms with Gasteiger partial charge in [0.15, 0.2) is 18.2 Å². The molecule has 0 bridgehead atoms. The SMILES string of the molecule is CCC(=O)N1CCN(C2=NC3C(C(=O)NC(=O)N3C)N2Cc2ccc(Cl)c(Cl)c2)CC1. The molecule has 2 fully saturated rings. The van der Waals surface area contributed by atoms with Crippen molar-refractivity contribution in [2.24, 2.45) is 4.99 Å². The summed E-state index contributed by atoms with van der Waals surface area (Å²) in [5.41, 5.74) is 0.870. The Morgan fingerprint density at radius 3 is 2.52 bits per heavy atom. The smallest absolute Gasteiger partial charge is 0.325 e. The van der Waals surface area contributed by atoms with Gasteiger partial charge in [0.25, 0.3) is 5.91 Å². The van der Waals surface area contributed by atoms with Gasteiger partial charge in [0, 0.05) is 46.2 Å². The van der Waals surface area contributed by atoms with Crippen LogP contribution in [0.1, 0.15) is 18.9 Å². The van der Waals surface area contributed by atoms with Gasteiger partial charge >= 0.3 is 6.03 Å². The van der Waals surface area contributed by atoms with Gasteiger partial charge in [-0.25, -0.2) is 9.79 Å². The summed E-state index contributed by atoms with van der Waals surface area (Å²) in [6.07, 6.45) is -0.143. The van der Waals surface area contributed by atoms with Crippen LogP contribution in [0.15, 0.2) is 23.2 Å². The Kier molecular flexibility index (Phi) is 5.98. The highest BCUT2D eigenvalue weighted by molar-refractivity contribution is 6.42. The van der Waals surface area contributed by atoms with Crippen molar-refractivity contribution in [2.45, 2.75) is 32.1 Å². The molecule has 2 unspecified atom stereocenters. The number of hydrogen-bond donors (Lipinski definition) is 1. The summed E-state index contributed by atoms with van der Waals surface area (Å²) < 4.78 is 0. The van der Waals surface area contributed by atoms with E-state index in [1.54, 1.807) is 19.2 Å².